The van der Waals surface area contributed by atoms with E-state index in [1.54, 1.807) is 24.3 Å². The summed E-state index contributed by atoms with van der Waals surface area (Å²) in [7, 11) is -3.98. The van der Waals surface area contributed by atoms with Gasteiger partial charge in [-0.3, -0.25) is 4.79 Å². The van der Waals surface area contributed by atoms with Crippen LogP contribution in [0.2, 0.25) is 0 Å². The Kier molecular flexibility index (Phi) is 5.19. The molecule has 1 aliphatic rings. The average molecular weight is 435 g/mol. The van der Waals surface area contributed by atoms with Crippen molar-refractivity contribution in [2.45, 2.75) is 31.1 Å². The van der Waals surface area contributed by atoms with E-state index < -0.39 is 10.1 Å². The molecule has 6 heteroatoms. The molecule has 0 saturated carbocycles. The molecule has 0 saturated heterocycles. The van der Waals surface area contributed by atoms with Gasteiger partial charge in [-0.2, -0.15) is 8.42 Å². The van der Waals surface area contributed by atoms with Crippen molar-refractivity contribution in [2.24, 2.45) is 0 Å². The third-order valence-electron chi connectivity index (χ3n) is 4.95. The molecule has 3 aromatic rings. The zero-order valence-electron chi connectivity index (χ0n) is 17.5. The quantitative estimate of drug-likeness (QED) is 0.408. The van der Waals surface area contributed by atoms with E-state index in [9.17, 15) is 13.2 Å². The second-order valence-corrected chi connectivity index (χ2v) is 9.87. The first-order valence-corrected chi connectivity index (χ1v) is 11.2. The second kappa shape index (κ2) is 7.71. The number of rotatable bonds is 4. The van der Waals surface area contributed by atoms with Crippen molar-refractivity contribution in [1.29, 1.82) is 0 Å². The molecule has 0 bridgehead atoms. The number of benzene rings is 3. The summed E-state index contributed by atoms with van der Waals surface area (Å²) in [6.45, 7) is 6.41. The fraction of sp³-hybridized carbons (Fsp3) is 0.160. The molecule has 31 heavy (non-hydrogen) atoms. The van der Waals surface area contributed by atoms with E-state index >= 15 is 0 Å². The van der Waals surface area contributed by atoms with Gasteiger partial charge in [-0.15, -0.1) is 0 Å². The largest absolute Gasteiger partial charge is 0.452 e. The Morgan fingerprint density at radius 1 is 0.903 bits per heavy atom. The van der Waals surface area contributed by atoms with Gasteiger partial charge >= 0.3 is 10.1 Å². The average Bonchev–Trinajstić information content (AvgIpc) is 3.03. The van der Waals surface area contributed by atoms with Crippen LogP contribution in [0.3, 0.4) is 0 Å². The molecular weight excluding hydrogens is 412 g/mol. The molecule has 1 aliphatic heterocycles. The predicted octanol–water partition coefficient (Wildman–Crippen LogP) is 5.37. The summed E-state index contributed by atoms with van der Waals surface area (Å²) in [5.41, 5.74) is 2.44. The summed E-state index contributed by atoms with van der Waals surface area (Å²) in [4.78, 5) is 12.7. The highest BCUT2D eigenvalue weighted by atomic mass is 32.2. The van der Waals surface area contributed by atoms with Gasteiger partial charge in [-0.1, -0.05) is 63.2 Å². The van der Waals surface area contributed by atoms with Gasteiger partial charge in [0, 0.05) is 6.07 Å². The molecular formula is C25H22O5S. The SMILES string of the molecule is CC(C)(C)c1ccc(C=C2Oc3cc(OS(=O)(=O)c4ccccc4)ccc3C2=O)cc1. The van der Waals surface area contributed by atoms with Gasteiger partial charge in [0.2, 0.25) is 5.78 Å². The predicted molar refractivity (Wildman–Crippen MR) is 119 cm³/mol. The zero-order valence-corrected chi connectivity index (χ0v) is 18.3. The van der Waals surface area contributed by atoms with E-state index in [1.165, 1.54) is 35.9 Å². The summed E-state index contributed by atoms with van der Waals surface area (Å²) in [5.74, 6) is 0.267. The highest BCUT2D eigenvalue weighted by Gasteiger charge is 2.28. The van der Waals surface area contributed by atoms with Crippen LogP contribution in [0.15, 0.2) is 83.5 Å². The third kappa shape index (κ3) is 4.39. The number of carbonyl (C=O) groups is 1. The number of fused-ring (bicyclic) bond motifs is 1. The fourth-order valence-corrected chi connectivity index (χ4v) is 4.16. The number of carbonyl (C=O) groups excluding carboxylic acids is 1. The number of hydrogen-bond acceptors (Lipinski definition) is 5. The van der Waals surface area contributed by atoms with E-state index in [4.69, 9.17) is 8.92 Å². The highest BCUT2D eigenvalue weighted by Crippen LogP contribution is 2.36. The first-order valence-electron chi connectivity index (χ1n) is 9.82. The van der Waals surface area contributed by atoms with Crippen molar-refractivity contribution in [3.8, 4) is 11.5 Å². The van der Waals surface area contributed by atoms with Crippen molar-refractivity contribution in [2.75, 3.05) is 0 Å². The Morgan fingerprint density at radius 2 is 1.58 bits per heavy atom. The number of allylic oxidation sites excluding steroid dienone is 1. The molecule has 158 valence electrons. The van der Waals surface area contributed by atoms with E-state index in [2.05, 4.69) is 20.8 Å². The molecule has 0 unspecified atom stereocenters. The first-order chi connectivity index (χ1) is 14.6. The summed E-state index contributed by atoms with van der Waals surface area (Å²) >= 11 is 0. The molecule has 0 fully saturated rings. The molecule has 0 atom stereocenters. The fourth-order valence-electron chi connectivity index (χ4n) is 3.21. The monoisotopic (exact) mass is 434 g/mol. The molecule has 4 rings (SSSR count). The standard InChI is InChI=1S/C25H22O5S/c1-25(2,3)18-11-9-17(10-12-18)15-23-24(26)21-14-13-19(16-22(21)29-23)30-31(27,28)20-7-5-4-6-8-20/h4-16H,1-3H3. The topological polar surface area (TPSA) is 69.7 Å². The molecule has 0 N–H and O–H groups in total. The summed E-state index contributed by atoms with van der Waals surface area (Å²) in [6.07, 6.45) is 1.68. The van der Waals surface area contributed by atoms with Gasteiger partial charge in [-0.25, -0.2) is 0 Å². The minimum atomic E-state index is -3.98. The molecule has 0 spiro atoms. The van der Waals surface area contributed by atoms with Gasteiger partial charge in [0.05, 0.1) is 5.56 Å². The number of Topliss-reactive ketones (excluding diaryl/α,β-unsaturated/α-hetero) is 1. The van der Waals surface area contributed by atoms with Gasteiger partial charge in [0.25, 0.3) is 0 Å². The van der Waals surface area contributed by atoms with E-state index in [1.807, 2.05) is 24.3 Å². The van der Waals surface area contributed by atoms with Crippen LogP contribution in [0.5, 0.6) is 11.5 Å². The van der Waals surface area contributed by atoms with Crippen LogP contribution in [0.1, 0.15) is 42.3 Å². The van der Waals surface area contributed by atoms with Crippen LogP contribution in [0, 0.1) is 0 Å². The molecule has 0 aromatic heterocycles. The van der Waals surface area contributed by atoms with E-state index in [0.717, 1.165) is 5.56 Å². The van der Waals surface area contributed by atoms with Crippen LogP contribution in [0.25, 0.3) is 6.08 Å². The molecule has 1 heterocycles. The highest BCUT2D eigenvalue weighted by molar-refractivity contribution is 7.87. The summed E-state index contributed by atoms with van der Waals surface area (Å²) in [5, 5.41) is 0. The van der Waals surface area contributed by atoms with E-state index in [-0.39, 0.29) is 33.4 Å². The Hall–Kier alpha value is -3.38. The molecule has 3 aromatic carbocycles. The van der Waals surface area contributed by atoms with Crippen molar-refractivity contribution in [3.05, 3.63) is 95.2 Å². The van der Waals surface area contributed by atoms with Gasteiger partial charge < -0.3 is 8.92 Å². The maximum absolute atomic E-state index is 12.7. The smallest absolute Gasteiger partial charge is 0.339 e. The lowest BCUT2D eigenvalue weighted by Gasteiger charge is -2.18. The van der Waals surface area contributed by atoms with Gasteiger partial charge in [0.1, 0.15) is 16.4 Å². The Balaban J connectivity index is 1.56. The molecule has 0 aliphatic carbocycles. The summed E-state index contributed by atoms with van der Waals surface area (Å²) < 4.78 is 35.8. The maximum Gasteiger partial charge on any atom is 0.339 e. The number of ether oxygens (including phenoxy) is 1. The Morgan fingerprint density at radius 3 is 2.23 bits per heavy atom. The molecule has 0 amide bonds. The lowest BCUT2D eigenvalue weighted by atomic mass is 9.86. The Bertz CT molecular complexity index is 1270. The summed E-state index contributed by atoms with van der Waals surface area (Å²) in [6, 6.07) is 20.2. The van der Waals surface area contributed by atoms with Crippen molar-refractivity contribution in [1.82, 2.24) is 0 Å². The molecule has 0 radical (unpaired) electrons. The lowest BCUT2D eigenvalue weighted by Crippen LogP contribution is -2.10. The molecule has 5 nitrogen and oxygen atoms in total. The normalized spacial score (nSPS) is 14.9. The third-order valence-corrected chi connectivity index (χ3v) is 6.22. The lowest BCUT2D eigenvalue weighted by molar-refractivity contribution is 0.101. The minimum absolute atomic E-state index is 0.0398. The van der Waals surface area contributed by atoms with Crippen LogP contribution in [0.4, 0.5) is 0 Å². The van der Waals surface area contributed by atoms with Crippen LogP contribution >= 0.6 is 0 Å². The number of hydrogen-bond donors (Lipinski definition) is 0. The van der Waals surface area contributed by atoms with Crippen LogP contribution in [-0.4, -0.2) is 14.2 Å². The maximum atomic E-state index is 12.7. The second-order valence-electron chi connectivity index (χ2n) is 8.32. The first kappa shape index (κ1) is 20.9. The van der Waals surface area contributed by atoms with Crippen molar-refractivity contribution >= 4 is 22.0 Å². The van der Waals surface area contributed by atoms with Gasteiger partial charge in [0.15, 0.2) is 5.76 Å². The number of ketones is 1. The van der Waals surface area contributed by atoms with E-state index in [0.29, 0.717) is 5.56 Å². The van der Waals surface area contributed by atoms with Crippen molar-refractivity contribution in [3.63, 3.8) is 0 Å². The zero-order chi connectivity index (χ0) is 22.2. The van der Waals surface area contributed by atoms with Gasteiger partial charge in [-0.05, 0) is 46.9 Å². The Labute approximate surface area is 182 Å². The van der Waals surface area contributed by atoms with Crippen LogP contribution < -0.4 is 8.92 Å². The minimum Gasteiger partial charge on any atom is -0.452 e. The van der Waals surface area contributed by atoms with Crippen LogP contribution in [-0.2, 0) is 15.5 Å². The van der Waals surface area contributed by atoms with Crippen molar-refractivity contribution < 1.29 is 22.1 Å².